The molecule has 0 saturated carbocycles. The van der Waals surface area contributed by atoms with E-state index in [2.05, 4.69) is 4.98 Å². The van der Waals surface area contributed by atoms with Crippen molar-refractivity contribution >= 4 is 32.6 Å². The molecular weight excluding hydrogens is 368 g/mol. The number of esters is 1. The zero-order valence-electron chi connectivity index (χ0n) is 15.3. The van der Waals surface area contributed by atoms with Gasteiger partial charge in [-0.15, -0.1) is 0 Å². The van der Waals surface area contributed by atoms with Gasteiger partial charge in [-0.2, -0.15) is 0 Å². The first kappa shape index (κ1) is 19.4. The molecule has 1 aromatic carbocycles. The third-order valence-corrected chi connectivity index (χ3v) is 6.76. The van der Waals surface area contributed by atoms with Crippen LogP contribution in [-0.2, 0) is 30.6 Å². The van der Waals surface area contributed by atoms with Crippen LogP contribution in [-0.4, -0.2) is 61.4 Å². The lowest BCUT2D eigenvalue weighted by Gasteiger charge is -2.23. The van der Waals surface area contributed by atoms with Gasteiger partial charge in [-0.3, -0.25) is 9.59 Å². The summed E-state index contributed by atoms with van der Waals surface area (Å²) < 4.78 is 28.1. The summed E-state index contributed by atoms with van der Waals surface area (Å²) >= 11 is 0. The maximum absolute atomic E-state index is 12.1. The lowest BCUT2D eigenvalue weighted by Crippen LogP contribution is -2.40. The van der Waals surface area contributed by atoms with Gasteiger partial charge in [0.25, 0.3) is 5.91 Å². The number of carbonyl (C=O) groups excluding carboxylic acids is 2. The maximum Gasteiger partial charge on any atom is 0.306 e. The van der Waals surface area contributed by atoms with Crippen LogP contribution in [0.4, 0.5) is 0 Å². The van der Waals surface area contributed by atoms with Gasteiger partial charge in [-0.05, 0) is 30.9 Å². The minimum absolute atomic E-state index is 0.0200. The third kappa shape index (κ3) is 4.88. The summed E-state index contributed by atoms with van der Waals surface area (Å²) in [6.45, 7) is -0.348. The number of rotatable bonds is 7. The molecule has 2 aromatic rings. The van der Waals surface area contributed by atoms with Crippen LogP contribution in [0.2, 0.25) is 0 Å². The Morgan fingerprint density at radius 3 is 2.81 bits per heavy atom. The highest BCUT2D eigenvalue weighted by molar-refractivity contribution is 7.91. The molecule has 1 saturated heterocycles. The SMILES string of the molecule is CN(C(=O)COC(=O)CCCc1c[nH]c2ccccc12)C1CCS(=O)(=O)C1. The molecule has 7 nitrogen and oxygen atoms in total. The van der Waals surface area contributed by atoms with E-state index in [1.54, 1.807) is 7.05 Å². The van der Waals surface area contributed by atoms with Crippen LogP contribution >= 0.6 is 0 Å². The van der Waals surface area contributed by atoms with Crippen LogP contribution in [0.5, 0.6) is 0 Å². The van der Waals surface area contributed by atoms with Crippen molar-refractivity contribution in [2.75, 3.05) is 25.2 Å². The average Bonchev–Trinajstić information content (AvgIpc) is 3.22. The summed E-state index contributed by atoms with van der Waals surface area (Å²) in [4.78, 5) is 28.6. The van der Waals surface area contributed by atoms with Crippen molar-refractivity contribution in [3.8, 4) is 0 Å². The van der Waals surface area contributed by atoms with Crippen molar-refractivity contribution in [1.82, 2.24) is 9.88 Å². The highest BCUT2D eigenvalue weighted by atomic mass is 32.2. The molecule has 146 valence electrons. The molecule has 3 rings (SSSR count). The van der Waals surface area contributed by atoms with Crippen LogP contribution in [0.25, 0.3) is 10.9 Å². The van der Waals surface area contributed by atoms with Gasteiger partial charge in [0.1, 0.15) is 0 Å². The number of hydrogen-bond donors (Lipinski definition) is 1. The predicted octanol–water partition coefficient (Wildman–Crippen LogP) is 1.68. The lowest BCUT2D eigenvalue weighted by molar-refractivity contribution is -0.152. The Balaban J connectivity index is 1.40. The number of H-pyrrole nitrogens is 1. The van der Waals surface area contributed by atoms with Crippen LogP contribution in [0, 0.1) is 0 Å². The number of nitrogens with zero attached hydrogens (tertiary/aromatic N) is 1. The number of aryl methyl sites for hydroxylation is 1. The molecule has 1 aliphatic heterocycles. The molecule has 0 aliphatic carbocycles. The van der Waals surface area contributed by atoms with E-state index >= 15 is 0 Å². The normalized spacial score (nSPS) is 18.5. The number of fused-ring (bicyclic) bond motifs is 1. The number of likely N-dealkylation sites (N-methyl/N-ethyl adjacent to an activating group) is 1. The summed E-state index contributed by atoms with van der Waals surface area (Å²) in [5.41, 5.74) is 2.22. The molecular formula is C19H24N2O5S. The van der Waals surface area contributed by atoms with Crippen molar-refractivity contribution in [2.45, 2.75) is 31.7 Å². The molecule has 1 fully saturated rings. The number of benzene rings is 1. The molecule has 1 aromatic heterocycles. The van der Waals surface area contributed by atoms with Crippen LogP contribution in [0.15, 0.2) is 30.5 Å². The minimum Gasteiger partial charge on any atom is -0.456 e. The molecule has 8 heteroatoms. The fourth-order valence-corrected chi connectivity index (χ4v) is 5.14. The molecule has 27 heavy (non-hydrogen) atoms. The topological polar surface area (TPSA) is 96.5 Å². The molecule has 0 bridgehead atoms. The zero-order valence-corrected chi connectivity index (χ0v) is 16.1. The summed E-state index contributed by atoms with van der Waals surface area (Å²) in [7, 11) is -1.50. The van der Waals surface area contributed by atoms with Gasteiger partial charge < -0.3 is 14.6 Å². The number of ether oxygens (including phenoxy) is 1. The summed E-state index contributed by atoms with van der Waals surface area (Å²) in [6.07, 6.45) is 3.99. The number of carbonyl (C=O) groups is 2. The van der Waals surface area contributed by atoms with Gasteiger partial charge in [0, 0.05) is 36.6 Å². The zero-order chi connectivity index (χ0) is 19.4. The van der Waals surface area contributed by atoms with E-state index in [1.165, 1.54) is 4.90 Å². The minimum atomic E-state index is -3.06. The number of sulfone groups is 1. The Morgan fingerprint density at radius 1 is 1.30 bits per heavy atom. The number of para-hydroxylation sites is 1. The Kier molecular flexibility index (Phi) is 5.84. The second-order valence-electron chi connectivity index (χ2n) is 6.94. The predicted molar refractivity (Wildman–Crippen MR) is 102 cm³/mol. The first-order chi connectivity index (χ1) is 12.9. The molecule has 1 amide bonds. The molecule has 1 aliphatic rings. The van der Waals surface area contributed by atoms with Crippen molar-refractivity contribution in [1.29, 1.82) is 0 Å². The highest BCUT2D eigenvalue weighted by Gasteiger charge is 2.32. The Hall–Kier alpha value is -2.35. The number of aromatic amines is 1. The second kappa shape index (κ2) is 8.12. The second-order valence-corrected chi connectivity index (χ2v) is 9.16. The standard InChI is InChI=1S/C19H24N2O5S/c1-21(15-9-10-27(24,25)13-15)18(22)12-26-19(23)8-4-5-14-11-20-17-7-3-2-6-16(14)17/h2-3,6-7,11,15,20H,4-5,8-10,12-13H2,1H3. The van der Waals surface area contributed by atoms with Gasteiger partial charge >= 0.3 is 5.97 Å². The fraction of sp³-hybridized carbons (Fsp3) is 0.474. The number of aromatic nitrogens is 1. The van der Waals surface area contributed by atoms with Crippen molar-refractivity contribution in [3.63, 3.8) is 0 Å². The first-order valence-electron chi connectivity index (χ1n) is 9.02. The number of hydrogen-bond acceptors (Lipinski definition) is 5. The monoisotopic (exact) mass is 392 g/mol. The van der Waals surface area contributed by atoms with Crippen LogP contribution < -0.4 is 0 Å². The first-order valence-corrected chi connectivity index (χ1v) is 10.8. The van der Waals surface area contributed by atoms with Gasteiger partial charge in [0.2, 0.25) is 0 Å². The van der Waals surface area contributed by atoms with E-state index in [0.29, 0.717) is 12.8 Å². The maximum atomic E-state index is 12.1. The molecule has 0 radical (unpaired) electrons. The van der Waals surface area contributed by atoms with Gasteiger partial charge in [0.05, 0.1) is 11.5 Å². The van der Waals surface area contributed by atoms with E-state index in [4.69, 9.17) is 4.74 Å². The molecule has 1 unspecified atom stereocenters. The Bertz CT molecular complexity index is 934. The van der Waals surface area contributed by atoms with E-state index in [1.807, 2.05) is 30.5 Å². The van der Waals surface area contributed by atoms with E-state index in [9.17, 15) is 18.0 Å². The smallest absolute Gasteiger partial charge is 0.306 e. The van der Waals surface area contributed by atoms with Crippen LogP contribution in [0.3, 0.4) is 0 Å². The number of nitrogens with one attached hydrogen (secondary N) is 1. The summed E-state index contributed by atoms with van der Waals surface area (Å²) in [6, 6.07) is 7.66. The molecule has 2 heterocycles. The lowest BCUT2D eigenvalue weighted by atomic mass is 10.1. The van der Waals surface area contributed by atoms with E-state index in [-0.39, 0.29) is 36.5 Å². The van der Waals surface area contributed by atoms with Crippen molar-refractivity contribution in [2.24, 2.45) is 0 Å². The average molecular weight is 392 g/mol. The van der Waals surface area contributed by atoms with Crippen molar-refractivity contribution in [3.05, 3.63) is 36.0 Å². The van der Waals surface area contributed by atoms with Crippen molar-refractivity contribution < 1.29 is 22.7 Å². The Labute approximate surface area is 158 Å². The molecule has 1 atom stereocenters. The van der Waals surface area contributed by atoms with Gasteiger partial charge in [-0.1, -0.05) is 18.2 Å². The van der Waals surface area contributed by atoms with E-state index in [0.717, 1.165) is 22.9 Å². The third-order valence-electron chi connectivity index (χ3n) is 5.01. The molecule has 0 spiro atoms. The highest BCUT2D eigenvalue weighted by Crippen LogP contribution is 2.20. The van der Waals surface area contributed by atoms with Gasteiger partial charge in [0.15, 0.2) is 16.4 Å². The summed E-state index contributed by atoms with van der Waals surface area (Å²) in [5.74, 6) is -0.714. The Morgan fingerprint density at radius 2 is 2.07 bits per heavy atom. The molecule has 1 N–H and O–H groups in total. The fourth-order valence-electron chi connectivity index (χ4n) is 3.36. The van der Waals surface area contributed by atoms with Gasteiger partial charge in [-0.25, -0.2) is 8.42 Å². The van der Waals surface area contributed by atoms with E-state index < -0.39 is 15.8 Å². The summed E-state index contributed by atoms with van der Waals surface area (Å²) in [5, 5.41) is 1.15. The largest absolute Gasteiger partial charge is 0.456 e. The quantitative estimate of drug-likeness (QED) is 0.723. The van der Waals surface area contributed by atoms with Crippen LogP contribution in [0.1, 0.15) is 24.8 Å². The number of amides is 1.